The zero-order valence-electron chi connectivity index (χ0n) is 9.91. The van der Waals surface area contributed by atoms with Gasteiger partial charge in [0.25, 0.3) is 0 Å². The van der Waals surface area contributed by atoms with Crippen LogP contribution in [0, 0.1) is 6.92 Å². The molecular formula is C14H13ClN2S. The van der Waals surface area contributed by atoms with Gasteiger partial charge in [0.05, 0.1) is 0 Å². The summed E-state index contributed by atoms with van der Waals surface area (Å²) < 4.78 is 0. The highest BCUT2D eigenvalue weighted by atomic mass is 35.5. The molecule has 0 aliphatic heterocycles. The maximum Gasteiger partial charge on any atom is 0.103 e. The first-order chi connectivity index (χ1) is 8.56. The summed E-state index contributed by atoms with van der Waals surface area (Å²) in [6.45, 7) is 2.01. The van der Waals surface area contributed by atoms with Crippen molar-refractivity contribution >= 4 is 40.2 Å². The van der Waals surface area contributed by atoms with E-state index in [1.165, 1.54) is 0 Å². The number of thiocarbonyl (C=S) groups is 1. The molecule has 0 aliphatic carbocycles. The summed E-state index contributed by atoms with van der Waals surface area (Å²) in [5.41, 5.74) is 9.52. The molecule has 0 spiro atoms. The number of hydrogen-bond donors (Lipinski definition) is 2. The lowest BCUT2D eigenvalue weighted by Crippen LogP contribution is -2.09. The van der Waals surface area contributed by atoms with Crippen LogP contribution in [0.1, 0.15) is 11.1 Å². The third kappa shape index (κ3) is 3.00. The van der Waals surface area contributed by atoms with E-state index in [0.717, 1.165) is 22.5 Å². The first-order valence-electron chi connectivity index (χ1n) is 5.49. The average molecular weight is 277 g/mol. The van der Waals surface area contributed by atoms with Gasteiger partial charge < -0.3 is 11.1 Å². The zero-order chi connectivity index (χ0) is 13.1. The van der Waals surface area contributed by atoms with Crippen LogP contribution in [0.15, 0.2) is 42.5 Å². The molecule has 2 aromatic rings. The molecule has 2 nitrogen and oxygen atoms in total. The van der Waals surface area contributed by atoms with Crippen molar-refractivity contribution in [2.75, 3.05) is 5.32 Å². The topological polar surface area (TPSA) is 38.0 Å². The monoisotopic (exact) mass is 276 g/mol. The van der Waals surface area contributed by atoms with Crippen LogP contribution in [0.4, 0.5) is 11.4 Å². The Balaban J connectivity index is 2.27. The van der Waals surface area contributed by atoms with E-state index in [-0.39, 0.29) is 0 Å². The molecule has 0 aromatic heterocycles. The van der Waals surface area contributed by atoms with Gasteiger partial charge in [-0.05, 0) is 48.9 Å². The fourth-order valence-electron chi connectivity index (χ4n) is 1.68. The molecule has 2 rings (SSSR count). The number of halogens is 1. The van der Waals surface area contributed by atoms with E-state index in [1.807, 2.05) is 49.4 Å². The van der Waals surface area contributed by atoms with Gasteiger partial charge in [-0.15, -0.1) is 0 Å². The molecule has 4 heteroatoms. The lowest BCUT2D eigenvalue weighted by atomic mass is 10.1. The molecule has 0 bridgehead atoms. The Hall–Kier alpha value is -1.58. The minimum Gasteiger partial charge on any atom is -0.389 e. The summed E-state index contributed by atoms with van der Waals surface area (Å²) in [5.74, 6) is 0. The quantitative estimate of drug-likeness (QED) is 0.832. The second-order valence-electron chi connectivity index (χ2n) is 4.03. The zero-order valence-corrected chi connectivity index (χ0v) is 11.5. The molecule has 2 aromatic carbocycles. The van der Waals surface area contributed by atoms with Crippen molar-refractivity contribution in [3.05, 3.63) is 58.6 Å². The third-order valence-electron chi connectivity index (χ3n) is 2.61. The minimum atomic E-state index is 0.410. The Labute approximate surface area is 117 Å². The fraction of sp³-hybridized carbons (Fsp3) is 0.0714. The first-order valence-corrected chi connectivity index (χ1v) is 6.28. The van der Waals surface area contributed by atoms with Crippen LogP contribution in [0.5, 0.6) is 0 Å². The van der Waals surface area contributed by atoms with Crippen molar-refractivity contribution in [1.29, 1.82) is 0 Å². The Kier molecular flexibility index (Phi) is 3.84. The van der Waals surface area contributed by atoms with Gasteiger partial charge in [0.1, 0.15) is 4.99 Å². The number of nitrogens with one attached hydrogen (secondary N) is 1. The number of benzene rings is 2. The maximum absolute atomic E-state index is 5.94. The van der Waals surface area contributed by atoms with Gasteiger partial charge in [0.2, 0.25) is 0 Å². The maximum atomic E-state index is 5.94. The van der Waals surface area contributed by atoms with Gasteiger partial charge in [0.15, 0.2) is 0 Å². The summed E-state index contributed by atoms with van der Waals surface area (Å²) in [5, 5.41) is 4.02. The molecule has 0 saturated carbocycles. The summed E-state index contributed by atoms with van der Waals surface area (Å²) in [4.78, 5) is 0.410. The van der Waals surface area contributed by atoms with Crippen molar-refractivity contribution in [2.24, 2.45) is 5.73 Å². The average Bonchev–Trinajstić information content (AvgIpc) is 2.31. The molecule has 0 amide bonds. The van der Waals surface area contributed by atoms with Crippen LogP contribution in [0.3, 0.4) is 0 Å². The van der Waals surface area contributed by atoms with Gasteiger partial charge in [0, 0.05) is 22.0 Å². The van der Waals surface area contributed by atoms with Crippen molar-refractivity contribution in [2.45, 2.75) is 6.92 Å². The van der Waals surface area contributed by atoms with E-state index in [1.54, 1.807) is 0 Å². The molecule has 0 aliphatic rings. The molecule has 18 heavy (non-hydrogen) atoms. The Morgan fingerprint density at radius 1 is 1.22 bits per heavy atom. The predicted molar refractivity (Wildman–Crippen MR) is 81.8 cm³/mol. The smallest absolute Gasteiger partial charge is 0.103 e. The summed E-state index contributed by atoms with van der Waals surface area (Å²) in [6.07, 6.45) is 0. The first kappa shape index (κ1) is 12.9. The highest BCUT2D eigenvalue weighted by Crippen LogP contribution is 2.23. The van der Waals surface area contributed by atoms with Crippen LogP contribution in [0.2, 0.25) is 5.02 Å². The van der Waals surface area contributed by atoms with Crippen LogP contribution in [0.25, 0.3) is 0 Å². The van der Waals surface area contributed by atoms with Gasteiger partial charge in [-0.2, -0.15) is 0 Å². The number of rotatable bonds is 3. The summed E-state index contributed by atoms with van der Waals surface area (Å²) in [7, 11) is 0. The van der Waals surface area contributed by atoms with Crippen LogP contribution >= 0.6 is 23.8 Å². The van der Waals surface area contributed by atoms with Gasteiger partial charge >= 0.3 is 0 Å². The van der Waals surface area contributed by atoms with E-state index >= 15 is 0 Å². The van der Waals surface area contributed by atoms with E-state index < -0.39 is 0 Å². The van der Waals surface area contributed by atoms with Crippen molar-refractivity contribution < 1.29 is 0 Å². The van der Waals surface area contributed by atoms with E-state index in [2.05, 4.69) is 5.32 Å². The molecule has 92 valence electrons. The predicted octanol–water partition coefficient (Wildman–Crippen LogP) is 4.03. The molecule has 0 radical (unpaired) electrons. The van der Waals surface area contributed by atoms with Crippen molar-refractivity contribution in [1.82, 2.24) is 0 Å². The molecule has 0 saturated heterocycles. The van der Waals surface area contributed by atoms with Gasteiger partial charge in [-0.25, -0.2) is 0 Å². The van der Waals surface area contributed by atoms with E-state index in [9.17, 15) is 0 Å². The Bertz CT molecular complexity index is 596. The normalized spacial score (nSPS) is 10.1. The van der Waals surface area contributed by atoms with Crippen LogP contribution in [-0.4, -0.2) is 4.99 Å². The molecule has 0 atom stereocenters. The second kappa shape index (κ2) is 5.38. The van der Waals surface area contributed by atoms with E-state index in [0.29, 0.717) is 10.0 Å². The largest absolute Gasteiger partial charge is 0.389 e. The lowest BCUT2D eigenvalue weighted by molar-refractivity contribution is 1.42. The summed E-state index contributed by atoms with van der Waals surface area (Å²) in [6, 6.07) is 13.4. The number of hydrogen-bond acceptors (Lipinski definition) is 2. The van der Waals surface area contributed by atoms with Crippen LogP contribution in [-0.2, 0) is 0 Å². The lowest BCUT2D eigenvalue weighted by Gasteiger charge is -2.11. The van der Waals surface area contributed by atoms with Crippen molar-refractivity contribution in [3.8, 4) is 0 Å². The Morgan fingerprint density at radius 3 is 2.61 bits per heavy atom. The molecule has 0 fully saturated rings. The highest BCUT2D eigenvalue weighted by Gasteiger charge is 2.02. The van der Waals surface area contributed by atoms with Gasteiger partial charge in [-0.3, -0.25) is 0 Å². The number of nitrogens with two attached hydrogens (primary N) is 1. The highest BCUT2D eigenvalue weighted by molar-refractivity contribution is 7.80. The number of anilines is 2. The standard InChI is InChI=1S/C14H13ClN2S/c1-9-7-10(14(16)18)5-6-13(9)17-12-4-2-3-11(15)8-12/h2-8,17H,1H3,(H2,16,18). The molecule has 0 heterocycles. The minimum absolute atomic E-state index is 0.410. The second-order valence-corrected chi connectivity index (χ2v) is 4.91. The third-order valence-corrected chi connectivity index (χ3v) is 3.09. The Morgan fingerprint density at radius 2 is 2.00 bits per heavy atom. The molecular weight excluding hydrogens is 264 g/mol. The molecule has 3 N–H and O–H groups in total. The van der Waals surface area contributed by atoms with Crippen LogP contribution < -0.4 is 11.1 Å². The molecule has 0 unspecified atom stereocenters. The van der Waals surface area contributed by atoms with E-state index in [4.69, 9.17) is 29.6 Å². The fourth-order valence-corrected chi connectivity index (χ4v) is 2.00. The summed E-state index contributed by atoms with van der Waals surface area (Å²) >= 11 is 10.9. The SMILES string of the molecule is Cc1cc(C(N)=S)ccc1Nc1cccc(Cl)c1. The van der Waals surface area contributed by atoms with Crippen molar-refractivity contribution in [3.63, 3.8) is 0 Å². The van der Waals surface area contributed by atoms with Gasteiger partial charge in [-0.1, -0.05) is 29.9 Å². The number of aryl methyl sites for hydroxylation is 1.